The van der Waals surface area contributed by atoms with Gasteiger partial charge in [-0.3, -0.25) is 4.79 Å². The first-order chi connectivity index (χ1) is 11.5. The number of aryl methyl sites for hydroxylation is 1. The summed E-state index contributed by atoms with van der Waals surface area (Å²) < 4.78 is 5.71. The average Bonchev–Trinajstić information content (AvgIpc) is 2.54. The summed E-state index contributed by atoms with van der Waals surface area (Å²) >= 11 is 0. The lowest BCUT2D eigenvalue weighted by Gasteiger charge is -2.12. The quantitative estimate of drug-likeness (QED) is 0.798. The van der Waals surface area contributed by atoms with Crippen LogP contribution in [0.15, 0.2) is 42.6 Å². The van der Waals surface area contributed by atoms with Crippen LogP contribution >= 0.6 is 0 Å². The van der Waals surface area contributed by atoms with Gasteiger partial charge >= 0.3 is 0 Å². The third-order valence-electron chi connectivity index (χ3n) is 3.81. The molecular formula is C19H19N3O2. The van der Waals surface area contributed by atoms with Crippen LogP contribution < -0.4 is 10.5 Å². The van der Waals surface area contributed by atoms with E-state index in [1.807, 2.05) is 51.1 Å². The summed E-state index contributed by atoms with van der Waals surface area (Å²) in [5, 5.41) is 9.93. The highest BCUT2D eigenvalue weighted by Crippen LogP contribution is 2.30. The van der Waals surface area contributed by atoms with Crippen LogP contribution in [0, 0.1) is 6.92 Å². The first-order valence-corrected chi connectivity index (χ1v) is 7.78. The van der Waals surface area contributed by atoms with E-state index in [-0.39, 0.29) is 6.10 Å². The molecule has 0 aliphatic rings. The van der Waals surface area contributed by atoms with Gasteiger partial charge in [-0.25, -0.2) is 0 Å². The zero-order valence-electron chi connectivity index (χ0n) is 13.9. The molecule has 0 unspecified atom stereocenters. The van der Waals surface area contributed by atoms with Gasteiger partial charge in [0.15, 0.2) is 0 Å². The van der Waals surface area contributed by atoms with Gasteiger partial charge in [0.1, 0.15) is 0 Å². The number of carbonyl (C=O) groups excluding carboxylic acids is 1. The maximum absolute atomic E-state index is 11.4. The van der Waals surface area contributed by atoms with E-state index in [0.717, 1.165) is 27.5 Å². The minimum absolute atomic E-state index is 0.0269. The van der Waals surface area contributed by atoms with E-state index < -0.39 is 5.91 Å². The van der Waals surface area contributed by atoms with Crippen LogP contribution in [0.5, 0.6) is 5.88 Å². The number of nitrogens with zero attached hydrogens (tertiary/aromatic N) is 2. The Balaban J connectivity index is 2.12. The number of benzene rings is 2. The minimum atomic E-state index is -0.435. The second kappa shape index (κ2) is 6.28. The number of primary amides is 1. The highest BCUT2D eigenvalue weighted by atomic mass is 16.5. The molecular weight excluding hydrogens is 302 g/mol. The van der Waals surface area contributed by atoms with Crippen LogP contribution in [-0.4, -0.2) is 22.2 Å². The molecule has 2 N–H and O–H groups in total. The summed E-state index contributed by atoms with van der Waals surface area (Å²) in [5.74, 6) is 0.0900. The molecule has 5 heteroatoms. The first kappa shape index (κ1) is 15.9. The number of amides is 1. The number of hydrogen-bond acceptors (Lipinski definition) is 4. The van der Waals surface area contributed by atoms with Crippen LogP contribution in [0.25, 0.3) is 21.9 Å². The van der Waals surface area contributed by atoms with Crippen molar-refractivity contribution < 1.29 is 9.53 Å². The number of aromatic nitrogens is 2. The fraction of sp³-hybridized carbons (Fsp3) is 0.211. The molecule has 3 aromatic rings. The van der Waals surface area contributed by atoms with Crippen molar-refractivity contribution >= 4 is 16.7 Å². The van der Waals surface area contributed by atoms with Crippen molar-refractivity contribution in [2.24, 2.45) is 5.73 Å². The van der Waals surface area contributed by atoms with Crippen molar-refractivity contribution in [2.45, 2.75) is 26.9 Å². The third kappa shape index (κ3) is 3.06. The fourth-order valence-electron chi connectivity index (χ4n) is 2.63. The summed E-state index contributed by atoms with van der Waals surface area (Å²) in [7, 11) is 0. The Bertz CT molecular complexity index is 920. The number of carbonyl (C=O) groups is 1. The molecule has 0 atom stereocenters. The van der Waals surface area contributed by atoms with E-state index in [1.165, 1.54) is 0 Å². The summed E-state index contributed by atoms with van der Waals surface area (Å²) in [5.41, 5.74) is 8.92. The molecule has 3 rings (SSSR count). The summed E-state index contributed by atoms with van der Waals surface area (Å²) in [4.78, 5) is 11.4. The van der Waals surface area contributed by atoms with Crippen molar-refractivity contribution in [2.75, 3.05) is 0 Å². The normalized spacial score (nSPS) is 11.0. The number of ether oxygens (including phenoxy) is 1. The summed E-state index contributed by atoms with van der Waals surface area (Å²) in [6.45, 7) is 5.91. The summed E-state index contributed by atoms with van der Waals surface area (Å²) in [6.07, 6.45) is 1.73. The molecule has 0 fully saturated rings. The lowest BCUT2D eigenvalue weighted by molar-refractivity contribution is 0.100. The predicted octanol–water partition coefficient (Wildman–Crippen LogP) is 3.49. The number of nitrogens with two attached hydrogens (primary N) is 1. The van der Waals surface area contributed by atoms with Gasteiger partial charge in [-0.15, -0.1) is 5.10 Å². The Morgan fingerprint density at radius 2 is 1.96 bits per heavy atom. The van der Waals surface area contributed by atoms with E-state index in [9.17, 15) is 4.79 Å². The lowest BCUT2D eigenvalue weighted by atomic mass is 9.96. The monoisotopic (exact) mass is 321 g/mol. The zero-order valence-corrected chi connectivity index (χ0v) is 13.9. The highest BCUT2D eigenvalue weighted by Gasteiger charge is 2.11. The van der Waals surface area contributed by atoms with Gasteiger partial charge in [-0.05, 0) is 61.7 Å². The third-order valence-corrected chi connectivity index (χ3v) is 3.81. The van der Waals surface area contributed by atoms with E-state index in [4.69, 9.17) is 10.5 Å². The van der Waals surface area contributed by atoms with Gasteiger partial charge in [0.25, 0.3) is 0 Å². The van der Waals surface area contributed by atoms with Crippen molar-refractivity contribution in [3.63, 3.8) is 0 Å². The molecule has 122 valence electrons. The highest BCUT2D eigenvalue weighted by molar-refractivity contribution is 5.95. The Labute approximate surface area is 140 Å². The maximum atomic E-state index is 11.4. The van der Waals surface area contributed by atoms with Crippen molar-refractivity contribution in [1.82, 2.24) is 10.2 Å². The smallest absolute Gasteiger partial charge is 0.248 e. The second-order valence-electron chi connectivity index (χ2n) is 6.01. The molecule has 0 bridgehead atoms. The van der Waals surface area contributed by atoms with E-state index in [1.54, 1.807) is 12.3 Å². The maximum Gasteiger partial charge on any atom is 0.248 e. The molecule has 0 aliphatic heterocycles. The van der Waals surface area contributed by atoms with Gasteiger partial charge in [-0.2, -0.15) is 5.10 Å². The standard InChI is InChI=1S/C19H19N3O2/c1-11(2)24-19-16-7-6-13(8-15(16)10-21-22-19)17-9-14(18(20)23)5-4-12(17)3/h4-11H,1-3H3,(H2,20,23). The summed E-state index contributed by atoms with van der Waals surface area (Å²) in [6, 6.07) is 11.4. The number of hydrogen-bond donors (Lipinski definition) is 1. The molecule has 0 saturated heterocycles. The largest absolute Gasteiger partial charge is 0.473 e. The molecule has 1 amide bonds. The number of fused-ring (bicyclic) bond motifs is 1. The second-order valence-corrected chi connectivity index (χ2v) is 6.01. The van der Waals surface area contributed by atoms with Gasteiger partial charge in [0.05, 0.1) is 12.3 Å². The Morgan fingerprint density at radius 3 is 2.67 bits per heavy atom. The van der Waals surface area contributed by atoms with Gasteiger partial charge in [0, 0.05) is 16.3 Å². The molecule has 1 heterocycles. The minimum Gasteiger partial charge on any atom is -0.473 e. The van der Waals surface area contributed by atoms with Crippen LogP contribution in [0.4, 0.5) is 0 Å². The van der Waals surface area contributed by atoms with Crippen molar-refractivity contribution in [1.29, 1.82) is 0 Å². The van der Waals surface area contributed by atoms with Gasteiger partial charge in [0.2, 0.25) is 11.8 Å². The van der Waals surface area contributed by atoms with Crippen LogP contribution in [0.1, 0.15) is 29.8 Å². The fourth-order valence-corrected chi connectivity index (χ4v) is 2.63. The lowest BCUT2D eigenvalue weighted by Crippen LogP contribution is -2.11. The zero-order chi connectivity index (χ0) is 17.3. The van der Waals surface area contributed by atoms with Crippen molar-refractivity contribution in [3.8, 4) is 17.0 Å². The molecule has 0 spiro atoms. The van der Waals surface area contributed by atoms with E-state index in [2.05, 4.69) is 10.2 Å². The molecule has 5 nitrogen and oxygen atoms in total. The molecule has 24 heavy (non-hydrogen) atoms. The van der Waals surface area contributed by atoms with Crippen molar-refractivity contribution in [3.05, 3.63) is 53.7 Å². The van der Waals surface area contributed by atoms with Crippen LogP contribution in [0.2, 0.25) is 0 Å². The van der Waals surface area contributed by atoms with Crippen LogP contribution in [0.3, 0.4) is 0 Å². The van der Waals surface area contributed by atoms with Crippen LogP contribution in [-0.2, 0) is 0 Å². The molecule has 0 aliphatic carbocycles. The van der Waals surface area contributed by atoms with Gasteiger partial charge < -0.3 is 10.5 Å². The Kier molecular flexibility index (Phi) is 4.16. The Hall–Kier alpha value is -2.95. The Morgan fingerprint density at radius 1 is 1.17 bits per heavy atom. The SMILES string of the molecule is Cc1ccc(C(N)=O)cc1-c1ccc2c(OC(C)C)nncc2c1. The van der Waals surface area contributed by atoms with E-state index >= 15 is 0 Å². The molecule has 2 aromatic carbocycles. The molecule has 1 aromatic heterocycles. The van der Waals surface area contributed by atoms with E-state index in [0.29, 0.717) is 11.4 Å². The molecule has 0 saturated carbocycles. The predicted molar refractivity (Wildman–Crippen MR) is 94.0 cm³/mol. The molecule has 0 radical (unpaired) electrons. The average molecular weight is 321 g/mol. The first-order valence-electron chi connectivity index (χ1n) is 7.78. The number of rotatable bonds is 4. The topological polar surface area (TPSA) is 78.1 Å². The van der Waals surface area contributed by atoms with Gasteiger partial charge in [-0.1, -0.05) is 12.1 Å².